The van der Waals surface area contributed by atoms with E-state index in [4.69, 9.17) is 10.3 Å². The standard InChI is InChI=1S/C15H12F4N6O.ClH/c16-8-2-4-9(5-3-8)25-11(15(17,18)19)10(22-24-25)12-21-13(23-26-12)14(20)6-1-7-14;/h2-5H,1,6-7,20H2;1H. The number of aromatic nitrogens is 5. The average Bonchev–Trinajstić information content (AvgIpc) is 3.19. The predicted molar refractivity (Wildman–Crippen MR) is 86.6 cm³/mol. The molecule has 1 aromatic carbocycles. The molecule has 1 fully saturated rings. The first-order valence-electron chi connectivity index (χ1n) is 7.70. The van der Waals surface area contributed by atoms with Gasteiger partial charge in [-0.2, -0.15) is 18.2 Å². The lowest BCUT2D eigenvalue weighted by Gasteiger charge is -2.34. The topological polar surface area (TPSA) is 95.6 Å². The number of nitrogens with zero attached hydrogens (tertiary/aromatic N) is 5. The fourth-order valence-electron chi connectivity index (χ4n) is 2.75. The van der Waals surface area contributed by atoms with Gasteiger partial charge in [-0.3, -0.25) is 0 Å². The highest BCUT2D eigenvalue weighted by Crippen LogP contribution is 2.40. The van der Waals surface area contributed by atoms with Crippen molar-refractivity contribution in [1.82, 2.24) is 25.1 Å². The van der Waals surface area contributed by atoms with Crippen molar-refractivity contribution in [1.29, 1.82) is 0 Å². The summed E-state index contributed by atoms with van der Waals surface area (Å²) in [6.07, 6.45) is -2.67. The molecule has 0 unspecified atom stereocenters. The molecular formula is C15H13ClF4N6O. The summed E-state index contributed by atoms with van der Waals surface area (Å²) in [6, 6.07) is 4.36. The van der Waals surface area contributed by atoms with Crippen LogP contribution in [0.1, 0.15) is 30.8 Å². The molecule has 0 bridgehead atoms. The van der Waals surface area contributed by atoms with E-state index >= 15 is 0 Å². The number of alkyl halides is 3. The van der Waals surface area contributed by atoms with Crippen molar-refractivity contribution in [3.8, 4) is 17.3 Å². The van der Waals surface area contributed by atoms with Gasteiger partial charge >= 0.3 is 6.18 Å². The lowest BCUT2D eigenvalue weighted by atomic mass is 9.77. The van der Waals surface area contributed by atoms with Gasteiger partial charge in [0.05, 0.1) is 11.2 Å². The minimum atomic E-state index is -4.81. The first-order valence-corrected chi connectivity index (χ1v) is 7.70. The Kier molecular flexibility index (Phi) is 4.68. The van der Waals surface area contributed by atoms with Crippen LogP contribution in [0.5, 0.6) is 0 Å². The zero-order valence-corrected chi connectivity index (χ0v) is 14.4. The van der Waals surface area contributed by atoms with Crippen LogP contribution in [-0.2, 0) is 11.7 Å². The molecule has 0 aliphatic heterocycles. The number of hydrogen-bond acceptors (Lipinski definition) is 6. The molecule has 0 atom stereocenters. The molecule has 0 saturated heterocycles. The average molecular weight is 405 g/mol. The van der Waals surface area contributed by atoms with Gasteiger partial charge in [0.2, 0.25) is 0 Å². The van der Waals surface area contributed by atoms with Gasteiger partial charge in [0.15, 0.2) is 17.2 Å². The van der Waals surface area contributed by atoms with E-state index in [0.717, 1.165) is 30.7 Å². The minimum absolute atomic E-state index is 0. The second kappa shape index (κ2) is 6.57. The molecule has 27 heavy (non-hydrogen) atoms. The predicted octanol–water partition coefficient (Wildman–Crippen LogP) is 3.23. The van der Waals surface area contributed by atoms with E-state index in [0.29, 0.717) is 17.5 Å². The van der Waals surface area contributed by atoms with Crippen LogP contribution >= 0.6 is 12.4 Å². The van der Waals surface area contributed by atoms with Crippen molar-refractivity contribution in [3.05, 3.63) is 41.6 Å². The quantitative estimate of drug-likeness (QED) is 0.673. The largest absolute Gasteiger partial charge is 0.435 e. The highest BCUT2D eigenvalue weighted by Gasteiger charge is 2.43. The maximum absolute atomic E-state index is 13.6. The molecule has 2 N–H and O–H groups in total. The van der Waals surface area contributed by atoms with Crippen LogP contribution in [0.2, 0.25) is 0 Å². The first-order chi connectivity index (χ1) is 12.3. The highest BCUT2D eigenvalue weighted by atomic mass is 35.5. The Morgan fingerprint density at radius 1 is 1.15 bits per heavy atom. The number of rotatable bonds is 3. The third-order valence-electron chi connectivity index (χ3n) is 4.33. The Morgan fingerprint density at radius 2 is 1.81 bits per heavy atom. The summed E-state index contributed by atoms with van der Waals surface area (Å²) in [6.45, 7) is 0. The van der Waals surface area contributed by atoms with Crippen LogP contribution < -0.4 is 5.73 Å². The van der Waals surface area contributed by atoms with E-state index in [1.165, 1.54) is 0 Å². The molecular weight excluding hydrogens is 392 g/mol. The molecule has 1 saturated carbocycles. The summed E-state index contributed by atoms with van der Waals surface area (Å²) in [4.78, 5) is 3.99. The van der Waals surface area contributed by atoms with Gasteiger partial charge in [0.25, 0.3) is 5.89 Å². The molecule has 12 heteroatoms. The van der Waals surface area contributed by atoms with Crippen LogP contribution in [0.25, 0.3) is 17.3 Å². The molecule has 4 rings (SSSR count). The molecule has 1 aliphatic rings. The number of hydrogen-bond donors (Lipinski definition) is 1. The van der Waals surface area contributed by atoms with Gasteiger partial charge in [-0.05, 0) is 43.5 Å². The van der Waals surface area contributed by atoms with Crippen LogP contribution in [0.3, 0.4) is 0 Å². The summed E-state index contributed by atoms with van der Waals surface area (Å²) in [5, 5.41) is 10.8. The molecule has 144 valence electrons. The summed E-state index contributed by atoms with van der Waals surface area (Å²) in [7, 11) is 0. The Morgan fingerprint density at radius 3 is 2.37 bits per heavy atom. The van der Waals surface area contributed by atoms with Gasteiger partial charge in [-0.25, -0.2) is 9.07 Å². The zero-order valence-electron chi connectivity index (χ0n) is 13.6. The second-order valence-electron chi connectivity index (χ2n) is 6.11. The summed E-state index contributed by atoms with van der Waals surface area (Å²) in [5.41, 5.74) is 3.47. The van der Waals surface area contributed by atoms with Crippen LogP contribution in [0.15, 0.2) is 28.8 Å². The lowest BCUT2D eigenvalue weighted by Crippen LogP contribution is -2.44. The summed E-state index contributed by atoms with van der Waals surface area (Å²) >= 11 is 0. The smallest absolute Gasteiger partial charge is 0.332 e. The number of halogens is 5. The van der Waals surface area contributed by atoms with Gasteiger partial charge in [0, 0.05) is 0 Å². The first kappa shape index (κ1) is 19.2. The molecule has 0 spiro atoms. The Balaban J connectivity index is 0.00000210. The molecule has 0 radical (unpaired) electrons. The Labute approximate surface area is 155 Å². The number of benzene rings is 1. The van der Waals surface area contributed by atoms with E-state index in [1.54, 1.807) is 0 Å². The highest BCUT2D eigenvalue weighted by molar-refractivity contribution is 5.85. The van der Waals surface area contributed by atoms with Crippen LogP contribution in [0.4, 0.5) is 17.6 Å². The monoisotopic (exact) mass is 404 g/mol. The molecule has 1 aliphatic carbocycles. The SMILES string of the molecule is Cl.NC1(c2noc(-c3nnn(-c4ccc(F)cc4)c3C(F)(F)F)n2)CCC1. The van der Waals surface area contributed by atoms with E-state index in [1.807, 2.05) is 0 Å². The van der Waals surface area contributed by atoms with Crippen molar-refractivity contribution >= 4 is 12.4 Å². The third-order valence-corrected chi connectivity index (χ3v) is 4.33. The fourth-order valence-corrected chi connectivity index (χ4v) is 2.75. The van der Waals surface area contributed by atoms with E-state index < -0.39 is 34.8 Å². The molecule has 2 aromatic heterocycles. The van der Waals surface area contributed by atoms with E-state index in [2.05, 4.69) is 20.5 Å². The zero-order chi connectivity index (χ0) is 18.5. The van der Waals surface area contributed by atoms with Crippen LogP contribution in [-0.4, -0.2) is 25.1 Å². The summed E-state index contributed by atoms with van der Waals surface area (Å²) < 4.78 is 59.4. The number of nitrogens with two attached hydrogens (primary N) is 1. The molecule has 7 nitrogen and oxygen atoms in total. The maximum Gasteiger partial charge on any atom is 0.435 e. The molecule has 3 aromatic rings. The lowest BCUT2D eigenvalue weighted by molar-refractivity contribution is -0.142. The van der Waals surface area contributed by atoms with Crippen LogP contribution in [0, 0.1) is 5.82 Å². The van der Waals surface area contributed by atoms with Crippen molar-refractivity contribution in [2.75, 3.05) is 0 Å². The van der Waals surface area contributed by atoms with Crippen molar-refractivity contribution < 1.29 is 22.1 Å². The fraction of sp³-hybridized carbons (Fsp3) is 0.333. The normalized spacial score (nSPS) is 15.9. The van der Waals surface area contributed by atoms with E-state index in [-0.39, 0.29) is 23.9 Å². The van der Waals surface area contributed by atoms with Crippen molar-refractivity contribution in [2.45, 2.75) is 31.0 Å². The van der Waals surface area contributed by atoms with Gasteiger partial charge in [-0.1, -0.05) is 10.4 Å². The van der Waals surface area contributed by atoms with Crippen molar-refractivity contribution in [2.24, 2.45) is 5.73 Å². The van der Waals surface area contributed by atoms with E-state index in [9.17, 15) is 17.6 Å². The third kappa shape index (κ3) is 3.28. The molecule has 0 amide bonds. The molecule has 2 heterocycles. The Bertz CT molecular complexity index is 948. The van der Waals surface area contributed by atoms with Gasteiger partial charge in [-0.15, -0.1) is 17.5 Å². The maximum atomic E-state index is 13.6. The van der Waals surface area contributed by atoms with Gasteiger partial charge in [0.1, 0.15) is 5.82 Å². The van der Waals surface area contributed by atoms with Crippen molar-refractivity contribution in [3.63, 3.8) is 0 Å². The van der Waals surface area contributed by atoms with Gasteiger partial charge < -0.3 is 10.3 Å². The second-order valence-corrected chi connectivity index (χ2v) is 6.11. The summed E-state index contributed by atoms with van der Waals surface area (Å²) in [5.74, 6) is -0.862. The Hall–Kier alpha value is -2.53. The minimum Gasteiger partial charge on any atom is -0.332 e.